The summed E-state index contributed by atoms with van der Waals surface area (Å²) in [5, 5.41) is 8.81. The third-order valence-electron chi connectivity index (χ3n) is 3.15. The molecule has 108 valence electrons. The number of aliphatic carboxylic acids is 1. The van der Waals surface area contributed by atoms with Gasteiger partial charge in [-0.2, -0.15) is 0 Å². The van der Waals surface area contributed by atoms with E-state index in [0.29, 0.717) is 0 Å². The fourth-order valence-corrected chi connectivity index (χ4v) is 1.74. The molecule has 1 N–H and O–H groups in total. The molecule has 0 spiro atoms. The number of likely N-dealkylation sites (N-methyl/N-ethyl adjacent to an activating group) is 1. The largest absolute Gasteiger partial charge is 0.481 e. The van der Waals surface area contributed by atoms with E-state index in [-0.39, 0.29) is 12.5 Å². The zero-order valence-electron chi connectivity index (χ0n) is 12.2. The molecule has 0 aliphatic carbocycles. The standard InChI is InChI=1S/C16H21NO3/c1-4-13-5-7-14(8-6-13)9-10-15(18)17(3)11-12(2)16(19)20/h5-10,12H,4,11H2,1-3H3,(H,19,20). The van der Waals surface area contributed by atoms with E-state index in [9.17, 15) is 9.59 Å². The highest BCUT2D eigenvalue weighted by atomic mass is 16.4. The lowest BCUT2D eigenvalue weighted by Gasteiger charge is -2.17. The lowest BCUT2D eigenvalue weighted by molar-refractivity contribution is -0.142. The third kappa shape index (κ3) is 4.88. The van der Waals surface area contributed by atoms with Gasteiger partial charge in [-0.1, -0.05) is 38.1 Å². The van der Waals surface area contributed by atoms with E-state index >= 15 is 0 Å². The monoisotopic (exact) mass is 275 g/mol. The number of hydrogen-bond donors (Lipinski definition) is 1. The van der Waals surface area contributed by atoms with Crippen LogP contribution in [0.1, 0.15) is 25.0 Å². The van der Waals surface area contributed by atoms with Crippen molar-refractivity contribution in [2.24, 2.45) is 5.92 Å². The van der Waals surface area contributed by atoms with Gasteiger partial charge in [0.15, 0.2) is 0 Å². The maximum atomic E-state index is 11.8. The molecule has 0 saturated carbocycles. The molecule has 4 heteroatoms. The van der Waals surface area contributed by atoms with Gasteiger partial charge in [0.1, 0.15) is 0 Å². The first-order chi connectivity index (χ1) is 9.43. The molecule has 4 nitrogen and oxygen atoms in total. The smallest absolute Gasteiger partial charge is 0.308 e. The van der Waals surface area contributed by atoms with E-state index in [1.54, 1.807) is 20.0 Å². The summed E-state index contributed by atoms with van der Waals surface area (Å²) in [6, 6.07) is 7.98. The van der Waals surface area contributed by atoms with Gasteiger partial charge in [0, 0.05) is 19.7 Å². The summed E-state index contributed by atoms with van der Waals surface area (Å²) >= 11 is 0. The second-order valence-corrected chi connectivity index (χ2v) is 4.89. The fourth-order valence-electron chi connectivity index (χ4n) is 1.74. The van der Waals surface area contributed by atoms with Crippen LogP contribution < -0.4 is 0 Å². The maximum absolute atomic E-state index is 11.8. The van der Waals surface area contributed by atoms with Gasteiger partial charge in [-0.15, -0.1) is 0 Å². The minimum atomic E-state index is -0.899. The number of rotatable bonds is 6. The van der Waals surface area contributed by atoms with Crippen LogP contribution in [-0.4, -0.2) is 35.5 Å². The van der Waals surface area contributed by atoms with Gasteiger partial charge in [0.25, 0.3) is 0 Å². The molecule has 1 atom stereocenters. The Labute approximate surface area is 119 Å². The summed E-state index contributed by atoms with van der Waals surface area (Å²) in [6.45, 7) is 3.87. The number of carbonyl (C=O) groups is 2. The normalized spacial score (nSPS) is 12.3. The lowest BCUT2D eigenvalue weighted by Crippen LogP contribution is -2.32. The molecule has 1 amide bonds. The van der Waals surface area contributed by atoms with Crippen LogP contribution in [-0.2, 0) is 16.0 Å². The highest BCUT2D eigenvalue weighted by molar-refractivity contribution is 5.91. The van der Waals surface area contributed by atoms with Crippen LogP contribution in [0.4, 0.5) is 0 Å². The summed E-state index contributed by atoms with van der Waals surface area (Å²) in [6.07, 6.45) is 4.19. The molecule has 0 aliphatic rings. The predicted molar refractivity (Wildman–Crippen MR) is 79.3 cm³/mol. The van der Waals surface area contributed by atoms with Crippen molar-refractivity contribution < 1.29 is 14.7 Å². The van der Waals surface area contributed by atoms with Gasteiger partial charge in [-0.25, -0.2) is 0 Å². The molecule has 0 saturated heterocycles. The molecule has 0 heterocycles. The Bertz CT molecular complexity index is 491. The molecule has 1 unspecified atom stereocenters. The van der Waals surface area contributed by atoms with Crippen molar-refractivity contribution in [3.8, 4) is 0 Å². The Balaban J connectivity index is 2.59. The van der Waals surface area contributed by atoms with Crippen LogP contribution in [0.15, 0.2) is 30.3 Å². The van der Waals surface area contributed by atoms with Crippen molar-refractivity contribution in [1.29, 1.82) is 0 Å². The molecule has 0 radical (unpaired) electrons. The molecule has 0 aromatic heterocycles. The third-order valence-corrected chi connectivity index (χ3v) is 3.15. The highest BCUT2D eigenvalue weighted by Gasteiger charge is 2.15. The Morgan fingerprint density at radius 3 is 2.40 bits per heavy atom. The molecular formula is C16H21NO3. The number of hydrogen-bond acceptors (Lipinski definition) is 2. The molecule has 20 heavy (non-hydrogen) atoms. The number of carboxylic acids is 1. The van der Waals surface area contributed by atoms with Gasteiger partial charge in [0.05, 0.1) is 5.92 Å². The Morgan fingerprint density at radius 2 is 1.90 bits per heavy atom. The number of amides is 1. The summed E-state index contributed by atoms with van der Waals surface area (Å²) < 4.78 is 0. The van der Waals surface area contributed by atoms with Crippen LogP contribution in [0.5, 0.6) is 0 Å². The molecule has 0 bridgehead atoms. The summed E-state index contributed by atoms with van der Waals surface area (Å²) in [4.78, 5) is 24.0. The van der Waals surface area contributed by atoms with Gasteiger partial charge >= 0.3 is 5.97 Å². The zero-order valence-corrected chi connectivity index (χ0v) is 12.2. The van der Waals surface area contributed by atoms with Gasteiger partial charge in [-0.3, -0.25) is 9.59 Å². The van der Waals surface area contributed by atoms with Crippen molar-refractivity contribution in [1.82, 2.24) is 4.90 Å². The molecule has 1 aromatic rings. The molecule has 1 rings (SSSR count). The van der Waals surface area contributed by atoms with E-state index in [1.807, 2.05) is 24.3 Å². The Hall–Kier alpha value is -2.10. The molecule has 1 aromatic carbocycles. The minimum Gasteiger partial charge on any atom is -0.481 e. The second kappa shape index (κ2) is 7.48. The SMILES string of the molecule is CCc1ccc(C=CC(=O)N(C)CC(C)C(=O)O)cc1. The van der Waals surface area contributed by atoms with Crippen molar-refractivity contribution >= 4 is 18.0 Å². The number of aryl methyl sites for hydroxylation is 1. The predicted octanol–water partition coefficient (Wildman–Crippen LogP) is 2.44. The Kier molecular flexibility index (Phi) is 5.97. The maximum Gasteiger partial charge on any atom is 0.308 e. The van der Waals surface area contributed by atoms with Gasteiger partial charge in [0.2, 0.25) is 5.91 Å². The fraction of sp³-hybridized carbons (Fsp3) is 0.375. The average Bonchev–Trinajstić information content (AvgIpc) is 2.44. The number of carboxylic acid groups (broad SMARTS) is 1. The first-order valence-electron chi connectivity index (χ1n) is 6.69. The van der Waals surface area contributed by atoms with Crippen LogP contribution in [0.25, 0.3) is 6.08 Å². The molecule has 0 fully saturated rings. The van der Waals surface area contributed by atoms with E-state index < -0.39 is 11.9 Å². The zero-order chi connectivity index (χ0) is 15.1. The van der Waals surface area contributed by atoms with Crippen molar-refractivity contribution in [3.63, 3.8) is 0 Å². The van der Waals surface area contributed by atoms with Crippen molar-refractivity contribution in [2.75, 3.05) is 13.6 Å². The second-order valence-electron chi connectivity index (χ2n) is 4.89. The van der Waals surface area contributed by atoms with Crippen LogP contribution >= 0.6 is 0 Å². The van der Waals surface area contributed by atoms with E-state index in [2.05, 4.69) is 6.92 Å². The minimum absolute atomic E-state index is 0.197. The highest BCUT2D eigenvalue weighted by Crippen LogP contribution is 2.07. The van der Waals surface area contributed by atoms with Crippen LogP contribution in [0, 0.1) is 5.92 Å². The van der Waals surface area contributed by atoms with E-state index in [4.69, 9.17) is 5.11 Å². The first kappa shape index (κ1) is 16.0. The first-order valence-corrected chi connectivity index (χ1v) is 6.69. The van der Waals surface area contributed by atoms with E-state index in [0.717, 1.165) is 12.0 Å². The number of nitrogens with zero attached hydrogens (tertiary/aromatic N) is 1. The molecule has 0 aliphatic heterocycles. The Morgan fingerprint density at radius 1 is 1.30 bits per heavy atom. The lowest BCUT2D eigenvalue weighted by atomic mass is 10.1. The van der Waals surface area contributed by atoms with Crippen LogP contribution in [0.3, 0.4) is 0 Å². The average molecular weight is 275 g/mol. The van der Waals surface area contributed by atoms with Gasteiger partial charge in [-0.05, 0) is 23.6 Å². The van der Waals surface area contributed by atoms with E-state index in [1.165, 1.54) is 16.5 Å². The van der Waals surface area contributed by atoms with Crippen molar-refractivity contribution in [3.05, 3.63) is 41.5 Å². The summed E-state index contributed by atoms with van der Waals surface area (Å²) in [5.74, 6) is -1.66. The number of benzene rings is 1. The van der Waals surface area contributed by atoms with Crippen LogP contribution in [0.2, 0.25) is 0 Å². The summed E-state index contributed by atoms with van der Waals surface area (Å²) in [7, 11) is 1.60. The van der Waals surface area contributed by atoms with Gasteiger partial charge < -0.3 is 10.0 Å². The topological polar surface area (TPSA) is 57.6 Å². The quantitative estimate of drug-likeness (QED) is 0.811. The summed E-state index contributed by atoms with van der Waals surface area (Å²) in [5.41, 5.74) is 2.20. The number of carbonyl (C=O) groups excluding carboxylic acids is 1. The molecular weight excluding hydrogens is 254 g/mol. The van der Waals surface area contributed by atoms with Crippen molar-refractivity contribution in [2.45, 2.75) is 20.3 Å².